The SMILES string of the molecule is CCOc1cccc2sc(N(Cc3cccnc3)C(=O)COc3ccc(Cl)cc3)nc12. The summed E-state index contributed by atoms with van der Waals surface area (Å²) >= 11 is 7.35. The first kappa shape index (κ1) is 21.1. The number of hydrogen-bond acceptors (Lipinski definition) is 6. The van der Waals surface area contributed by atoms with Crippen molar-refractivity contribution in [2.75, 3.05) is 18.1 Å². The van der Waals surface area contributed by atoms with E-state index in [9.17, 15) is 4.79 Å². The number of nitrogens with zero attached hydrogens (tertiary/aromatic N) is 3. The molecular formula is C23H20ClN3O3S. The van der Waals surface area contributed by atoms with Crippen LogP contribution >= 0.6 is 22.9 Å². The molecule has 2 aromatic heterocycles. The van der Waals surface area contributed by atoms with Gasteiger partial charge in [0.25, 0.3) is 5.91 Å². The highest BCUT2D eigenvalue weighted by Gasteiger charge is 2.22. The van der Waals surface area contributed by atoms with Gasteiger partial charge in [-0.05, 0) is 55.0 Å². The van der Waals surface area contributed by atoms with Crippen LogP contribution < -0.4 is 14.4 Å². The van der Waals surface area contributed by atoms with E-state index in [-0.39, 0.29) is 12.5 Å². The van der Waals surface area contributed by atoms with E-state index in [0.717, 1.165) is 15.8 Å². The molecule has 0 spiro atoms. The lowest BCUT2D eigenvalue weighted by molar-refractivity contribution is -0.120. The topological polar surface area (TPSA) is 64.5 Å². The van der Waals surface area contributed by atoms with Crippen LogP contribution in [0.1, 0.15) is 12.5 Å². The minimum absolute atomic E-state index is 0.129. The lowest BCUT2D eigenvalue weighted by Crippen LogP contribution is -2.34. The zero-order valence-corrected chi connectivity index (χ0v) is 18.4. The third kappa shape index (κ3) is 5.13. The number of amides is 1. The Balaban J connectivity index is 1.62. The van der Waals surface area contributed by atoms with Crippen molar-refractivity contribution in [2.45, 2.75) is 13.5 Å². The molecule has 6 nitrogen and oxygen atoms in total. The maximum Gasteiger partial charge on any atom is 0.267 e. The first-order valence-corrected chi connectivity index (χ1v) is 10.9. The van der Waals surface area contributed by atoms with Crippen LogP contribution in [0.25, 0.3) is 10.2 Å². The molecule has 0 aliphatic rings. The van der Waals surface area contributed by atoms with Crippen LogP contribution in [0.2, 0.25) is 5.02 Å². The Kier molecular flexibility index (Phi) is 6.64. The van der Waals surface area contributed by atoms with Crippen LogP contribution in [-0.2, 0) is 11.3 Å². The summed E-state index contributed by atoms with van der Waals surface area (Å²) in [6.45, 7) is 2.67. The van der Waals surface area contributed by atoms with Crippen molar-refractivity contribution in [1.82, 2.24) is 9.97 Å². The molecule has 0 atom stereocenters. The molecular weight excluding hydrogens is 434 g/mol. The molecule has 0 saturated heterocycles. The third-order valence-corrected chi connectivity index (χ3v) is 5.74. The number of rotatable bonds is 8. The number of halogens is 1. The Morgan fingerprint density at radius 1 is 1.10 bits per heavy atom. The summed E-state index contributed by atoms with van der Waals surface area (Å²) < 4.78 is 12.3. The van der Waals surface area contributed by atoms with Gasteiger partial charge in [0.05, 0.1) is 17.9 Å². The summed E-state index contributed by atoms with van der Waals surface area (Å²) in [4.78, 5) is 23.7. The van der Waals surface area contributed by atoms with Gasteiger partial charge >= 0.3 is 0 Å². The van der Waals surface area contributed by atoms with E-state index < -0.39 is 0 Å². The van der Waals surface area contributed by atoms with E-state index in [1.54, 1.807) is 41.6 Å². The van der Waals surface area contributed by atoms with Crippen LogP contribution in [0.5, 0.6) is 11.5 Å². The number of carbonyl (C=O) groups is 1. The quantitative estimate of drug-likeness (QED) is 0.359. The number of pyridine rings is 1. The molecule has 8 heteroatoms. The molecule has 0 bridgehead atoms. The third-order valence-electron chi connectivity index (χ3n) is 4.44. The van der Waals surface area contributed by atoms with Crippen LogP contribution in [0.15, 0.2) is 67.0 Å². The summed E-state index contributed by atoms with van der Waals surface area (Å²) in [6, 6.07) is 16.4. The van der Waals surface area contributed by atoms with Gasteiger partial charge in [0.2, 0.25) is 0 Å². The number of fused-ring (bicyclic) bond motifs is 1. The molecule has 0 fully saturated rings. The first-order valence-electron chi connectivity index (χ1n) is 9.74. The van der Waals surface area contributed by atoms with Gasteiger partial charge in [-0.15, -0.1) is 0 Å². The van der Waals surface area contributed by atoms with Crippen molar-refractivity contribution in [3.63, 3.8) is 0 Å². The molecule has 0 saturated carbocycles. The molecule has 2 aromatic carbocycles. The second kappa shape index (κ2) is 9.76. The standard InChI is InChI=1S/C23H20ClN3O3S/c1-2-29-19-6-3-7-20-22(19)26-23(31-20)27(14-16-5-4-12-25-13-16)21(28)15-30-18-10-8-17(24)9-11-18/h3-13H,2,14-15H2,1H3. The van der Waals surface area contributed by atoms with Gasteiger partial charge < -0.3 is 9.47 Å². The second-order valence-electron chi connectivity index (χ2n) is 6.62. The van der Waals surface area contributed by atoms with Gasteiger partial charge in [-0.1, -0.05) is 35.1 Å². The van der Waals surface area contributed by atoms with Crippen molar-refractivity contribution in [3.05, 3.63) is 77.6 Å². The molecule has 2 heterocycles. The van der Waals surface area contributed by atoms with E-state index in [0.29, 0.717) is 34.8 Å². The van der Waals surface area contributed by atoms with Crippen molar-refractivity contribution < 1.29 is 14.3 Å². The zero-order valence-electron chi connectivity index (χ0n) is 16.8. The summed E-state index contributed by atoms with van der Waals surface area (Å²) in [5.41, 5.74) is 1.64. The molecule has 0 unspecified atom stereocenters. The molecule has 1 amide bonds. The van der Waals surface area contributed by atoms with E-state index in [2.05, 4.69) is 4.98 Å². The number of benzene rings is 2. The monoisotopic (exact) mass is 453 g/mol. The smallest absolute Gasteiger partial charge is 0.267 e. The normalized spacial score (nSPS) is 10.8. The summed E-state index contributed by atoms with van der Waals surface area (Å²) in [5.74, 6) is 1.06. The molecule has 0 aliphatic carbocycles. The minimum atomic E-state index is -0.212. The van der Waals surface area contributed by atoms with Crippen LogP contribution in [-0.4, -0.2) is 29.1 Å². The predicted octanol–water partition coefficient (Wildman–Crippen LogP) is 5.36. The lowest BCUT2D eigenvalue weighted by atomic mass is 10.2. The van der Waals surface area contributed by atoms with Gasteiger partial charge in [-0.25, -0.2) is 4.98 Å². The fraction of sp³-hybridized carbons (Fsp3) is 0.174. The van der Waals surface area contributed by atoms with E-state index >= 15 is 0 Å². The highest BCUT2D eigenvalue weighted by atomic mass is 35.5. The molecule has 4 rings (SSSR count). The average molecular weight is 454 g/mol. The van der Waals surface area contributed by atoms with Gasteiger partial charge in [0, 0.05) is 17.4 Å². The number of thiazole rings is 1. The largest absolute Gasteiger partial charge is 0.492 e. The fourth-order valence-corrected chi connectivity index (χ4v) is 4.12. The number of ether oxygens (including phenoxy) is 2. The molecule has 0 radical (unpaired) electrons. The second-order valence-corrected chi connectivity index (χ2v) is 8.06. The molecule has 4 aromatic rings. The molecule has 0 N–H and O–H groups in total. The van der Waals surface area contributed by atoms with E-state index in [4.69, 9.17) is 26.1 Å². The van der Waals surface area contributed by atoms with Crippen molar-refractivity contribution in [3.8, 4) is 11.5 Å². The first-order chi connectivity index (χ1) is 15.1. The Labute approximate surface area is 189 Å². The number of aromatic nitrogens is 2. The van der Waals surface area contributed by atoms with Crippen LogP contribution in [0, 0.1) is 0 Å². The molecule has 31 heavy (non-hydrogen) atoms. The Morgan fingerprint density at radius 3 is 2.68 bits per heavy atom. The average Bonchev–Trinajstić information content (AvgIpc) is 3.23. The van der Waals surface area contributed by atoms with E-state index in [1.807, 2.05) is 37.3 Å². The van der Waals surface area contributed by atoms with Crippen molar-refractivity contribution >= 4 is 44.2 Å². The highest BCUT2D eigenvalue weighted by Crippen LogP contribution is 2.35. The number of carbonyl (C=O) groups excluding carboxylic acids is 1. The van der Waals surface area contributed by atoms with Crippen LogP contribution in [0.3, 0.4) is 0 Å². The fourth-order valence-electron chi connectivity index (χ4n) is 2.99. The van der Waals surface area contributed by atoms with E-state index in [1.165, 1.54) is 11.3 Å². The molecule has 158 valence electrons. The van der Waals surface area contributed by atoms with Gasteiger partial charge in [-0.3, -0.25) is 14.7 Å². The van der Waals surface area contributed by atoms with Crippen LogP contribution in [0.4, 0.5) is 5.13 Å². The van der Waals surface area contributed by atoms with Gasteiger partial charge in [0.15, 0.2) is 11.7 Å². The highest BCUT2D eigenvalue weighted by molar-refractivity contribution is 7.22. The van der Waals surface area contributed by atoms with Crippen molar-refractivity contribution in [1.29, 1.82) is 0 Å². The maximum absolute atomic E-state index is 13.2. The Hall–Kier alpha value is -3.16. The summed E-state index contributed by atoms with van der Waals surface area (Å²) in [5, 5.41) is 1.19. The summed E-state index contributed by atoms with van der Waals surface area (Å²) in [7, 11) is 0. The lowest BCUT2D eigenvalue weighted by Gasteiger charge is -2.20. The number of para-hydroxylation sites is 1. The number of anilines is 1. The van der Waals surface area contributed by atoms with Gasteiger partial charge in [0.1, 0.15) is 17.0 Å². The van der Waals surface area contributed by atoms with Gasteiger partial charge in [-0.2, -0.15) is 0 Å². The summed E-state index contributed by atoms with van der Waals surface area (Å²) in [6.07, 6.45) is 3.44. The number of hydrogen-bond donors (Lipinski definition) is 0. The Morgan fingerprint density at radius 2 is 1.94 bits per heavy atom. The maximum atomic E-state index is 13.2. The minimum Gasteiger partial charge on any atom is -0.492 e. The predicted molar refractivity (Wildman–Crippen MR) is 123 cm³/mol. The Bertz CT molecular complexity index is 1170. The van der Waals surface area contributed by atoms with Crippen molar-refractivity contribution in [2.24, 2.45) is 0 Å². The zero-order chi connectivity index (χ0) is 21.6. The molecule has 0 aliphatic heterocycles.